The molecule has 1 atom stereocenters. The molecule has 0 spiro atoms. The molecule has 0 aromatic carbocycles. The van der Waals surface area contributed by atoms with Crippen LogP contribution in [0.1, 0.15) is 6.42 Å². The van der Waals surface area contributed by atoms with Crippen LogP contribution in [0.2, 0.25) is 0 Å². The average molecular weight is 201 g/mol. The van der Waals surface area contributed by atoms with Crippen LogP contribution in [0.4, 0.5) is 5.82 Å². The molecule has 4 nitrogen and oxygen atoms in total. The zero-order valence-electron chi connectivity index (χ0n) is 7.26. The number of aromatic nitrogens is 2. The van der Waals surface area contributed by atoms with Crippen LogP contribution >= 0.6 is 12.4 Å². The Morgan fingerprint density at radius 3 is 2.85 bits per heavy atom. The molecule has 1 unspecified atom stereocenters. The summed E-state index contributed by atoms with van der Waals surface area (Å²) in [6, 6.07) is 0.298. The quantitative estimate of drug-likeness (QED) is 0.715. The first-order chi connectivity index (χ1) is 5.86. The summed E-state index contributed by atoms with van der Waals surface area (Å²) in [4.78, 5) is 10.4. The van der Waals surface area contributed by atoms with Gasteiger partial charge in [-0.3, -0.25) is 4.98 Å². The fraction of sp³-hybridized carbons (Fsp3) is 0.500. The highest BCUT2D eigenvalue weighted by atomic mass is 35.5. The normalized spacial score (nSPS) is 21.3. The van der Waals surface area contributed by atoms with Crippen molar-refractivity contribution in [3.05, 3.63) is 18.6 Å². The van der Waals surface area contributed by atoms with Crippen LogP contribution in [0.3, 0.4) is 0 Å². The highest BCUT2D eigenvalue weighted by Gasteiger charge is 2.19. The van der Waals surface area contributed by atoms with Gasteiger partial charge in [-0.25, -0.2) is 4.98 Å². The highest BCUT2D eigenvalue weighted by molar-refractivity contribution is 5.85. The Labute approximate surface area is 83.6 Å². The molecule has 72 valence electrons. The molecule has 0 bridgehead atoms. The van der Waals surface area contributed by atoms with Crippen molar-refractivity contribution in [2.75, 3.05) is 18.0 Å². The molecular weight excluding hydrogens is 188 g/mol. The molecule has 1 aromatic rings. The summed E-state index contributed by atoms with van der Waals surface area (Å²) in [7, 11) is 0. The van der Waals surface area contributed by atoms with Gasteiger partial charge >= 0.3 is 0 Å². The Bertz CT molecular complexity index is 254. The minimum atomic E-state index is 0. The van der Waals surface area contributed by atoms with Gasteiger partial charge in [0.25, 0.3) is 0 Å². The first kappa shape index (κ1) is 10.2. The van der Waals surface area contributed by atoms with Crippen molar-refractivity contribution < 1.29 is 0 Å². The van der Waals surface area contributed by atoms with E-state index in [9.17, 15) is 0 Å². The standard InChI is InChI=1S/C8H12N4.ClH/c9-7-1-4-12(6-7)8-5-10-2-3-11-8;/h2-3,5,7H,1,4,6,9H2;1H. The van der Waals surface area contributed by atoms with Crippen LogP contribution in [0.15, 0.2) is 18.6 Å². The third-order valence-electron chi connectivity index (χ3n) is 2.10. The van der Waals surface area contributed by atoms with E-state index in [1.807, 2.05) is 0 Å². The zero-order valence-corrected chi connectivity index (χ0v) is 8.07. The molecule has 2 N–H and O–H groups in total. The number of nitrogens with two attached hydrogens (primary N) is 1. The molecule has 0 aliphatic carbocycles. The second-order valence-electron chi connectivity index (χ2n) is 3.06. The first-order valence-corrected chi connectivity index (χ1v) is 4.13. The van der Waals surface area contributed by atoms with E-state index >= 15 is 0 Å². The molecule has 13 heavy (non-hydrogen) atoms. The van der Waals surface area contributed by atoms with E-state index in [4.69, 9.17) is 5.73 Å². The maximum Gasteiger partial charge on any atom is 0.147 e. The molecule has 2 heterocycles. The number of halogens is 1. The van der Waals surface area contributed by atoms with E-state index in [1.165, 1.54) is 0 Å². The predicted octanol–water partition coefficient (Wildman–Crippen LogP) is 0.436. The fourth-order valence-electron chi connectivity index (χ4n) is 1.45. The van der Waals surface area contributed by atoms with Crippen LogP contribution in [0.25, 0.3) is 0 Å². The monoisotopic (exact) mass is 200 g/mol. The van der Waals surface area contributed by atoms with Crippen molar-refractivity contribution in [2.45, 2.75) is 12.5 Å². The van der Waals surface area contributed by atoms with E-state index in [1.54, 1.807) is 18.6 Å². The molecule has 1 saturated heterocycles. The van der Waals surface area contributed by atoms with Gasteiger partial charge in [0.2, 0.25) is 0 Å². The lowest BCUT2D eigenvalue weighted by Crippen LogP contribution is -2.26. The van der Waals surface area contributed by atoms with Gasteiger partial charge in [-0.15, -0.1) is 12.4 Å². The van der Waals surface area contributed by atoms with Crippen molar-refractivity contribution in [3.63, 3.8) is 0 Å². The van der Waals surface area contributed by atoms with Crippen molar-refractivity contribution >= 4 is 18.2 Å². The van der Waals surface area contributed by atoms with Gasteiger partial charge in [0.1, 0.15) is 5.82 Å². The van der Waals surface area contributed by atoms with Crippen LogP contribution in [-0.2, 0) is 0 Å². The molecular formula is C8H13ClN4. The lowest BCUT2D eigenvalue weighted by Gasteiger charge is -2.15. The maximum absolute atomic E-state index is 5.77. The number of rotatable bonds is 1. The molecule has 1 aromatic heterocycles. The summed E-state index contributed by atoms with van der Waals surface area (Å²) in [6.45, 7) is 1.90. The Hall–Kier alpha value is -0.870. The third-order valence-corrected chi connectivity index (χ3v) is 2.10. The molecule has 0 amide bonds. The topological polar surface area (TPSA) is 55.0 Å². The van der Waals surface area contributed by atoms with Crippen molar-refractivity contribution in [1.29, 1.82) is 0 Å². The molecule has 2 rings (SSSR count). The van der Waals surface area contributed by atoms with E-state index < -0.39 is 0 Å². The summed E-state index contributed by atoms with van der Waals surface area (Å²) in [5, 5.41) is 0. The number of nitrogens with zero attached hydrogens (tertiary/aromatic N) is 3. The van der Waals surface area contributed by atoms with Gasteiger partial charge in [0, 0.05) is 31.5 Å². The van der Waals surface area contributed by atoms with Crippen LogP contribution in [-0.4, -0.2) is 29.1 Å². The maximum atomic E-state index is 5.77. The molecule has 1 fully saturated rings. The van der Waals surface area contributed by atoms with E-state index in [0.717, 1.165) is 25.3 Å². The molecule has 1 aliphatic heterocycles. The van der Waals surface area contributed by atoms with Gasteiger partial charge in [-0.05, 0) is 6.42 Å². The van der Waals surface area contributed by atoms with Gasteiger partial charge in [0.05, 0.1) is 6.20 Å². The Morgan fingerprint density at radius 2 is 2.31 bits per heavy atom. The van der Waals surface area contributed by atoms with Gasteiger partial charge in [-0.1, -0.05) is 0 Å². The predicted molar refractivity (Wildman–Crippen MR) is 54.1 cm³/mol. The Morgan fingerprint density at radius 1 is 1.46 bits per heavy atom. The number of hydrogen-bond donors (Lipinski definition) is 1. The van der Waals surface area contributed by atoms with Crippen LogP contribution in [0.5, 0.6) is 0 Å². The lowest BCUT2D eigenvalue weighted by atomic mass is 10.3. The molecule has 0 radical (unpaired) electrons. The Kier molecular flexibility index (Phi) is 3.45. The third kappa shape index (κ3) is 2.29. The molecule has 1 aliphatic rings. The zero-order chi connectivity index (χ0) is 8.39. The van der Waals surface area contributed by atoms with Crippen molar-refractivity contribution in [1.82, 2.24) is 9.97 Å². The number of hydrogen-bond acceptors (Lipinski definition) is 4. The summed E-state index contributed by atoms with van der Waals surface area (Å²) in [6.07, 6.45) is 6.22. The smallest absolute Gasteiger partial charge is 0.147 e. The SMILES string of the molecule is Cl.NC1CCN(c2cnccn2)C1. The van der Waals surface area contributed by atoms with Gasteiger partial charge in [-0.2, -0.15) is 0 Å². The molecule has 5 heteroatoms. The van der Waals surface area contributed by atoms with E-state index in [2.05, 4.69) is 14.9 Å². The summed E-state index contributed by atoms with van der Waals surface area (Å²) in [5.41, 5.74) is 5.77. The van der Waals surface area contributed by atoms with Crippen LogP contribution < -0.4 is 10.6 Å². The first-order valence-electron chi connectivity index (χ1n) is 4.13. The Balaban J connectivity index is 0.000000845. The largest absolute Gasteiger partial charge is 0.354 e. The lowest BCUT2D eigenvalue weighted by molar-refractivity contribution is 0.751. The van der Waals surface area contributed by atoms with Gasteiger partial charge in [0.15, 0.2) is 0 Å². The van der Waals surface area contributed by atoms with Crippen molar-refractivity contribution in [2.24, 2.45) is 5.73 Å². The minimum absolute atomic E-state index is 0. The number of anilines is 1. The van der Waals surface area contributed by atoms with E-state index in [0.29, 0.717) is 6.04 Å². The molecule has 0 saturated carbocycles. The van der Waals surface area contributed by atoms with E-state index in [-0.39, 0.29) is 12.4 Å². The van der Waals surface area contributed by atoms with Crippen molar-refractivity contribution in [3.8, 4) is 0 Å². The fourth-order valence-corrected chi connectivity index (χ4v) is 1.45. The minimum Gasteiger partial charge on any atom is -0.354 e. The average Bonchev–Trinajstić information content (AvgIpc) is 2.54. The van der Waals surface area contributed by atoms with Gasteiger partial charge < -0.3 is 10.6 Å². The highest BCUT2D eigenvalue weighted by Crippen LogP contribution is 2.14. The second-order valence-corrected chi connectivity index (χ2v) is 3.06. The summed E-state index contributed by atoms with van der Waals surface area (Å²) >= 11 is 0. The van der Waals surface area contributed by atoms with Crippen LogP contribution in [0, 0.1) is 0 Å². The summed E-state index contributed by atoms with van der Waals surface area (Å²) in [5.74, 6) is 0.936. The second kappa shape index (κ2) is 4.39. The summed E-state index contributed by atoms with van der Waals surface area (Å²) < 4.78 is 0.